The van der Waals surface area contributed by atoms with Crippen LogP contribution in [0.15, 0.2) is 30.7 Å². The number of rotatable bonds is 5. The first-order chi connectivity index (χ1) is 13.6. The van der Waals surface area contributed by atoms with Crippen LogP contribution in [-0.4, -0.2) is 26.2 Å². The van der Waals surface area contributed by atoms with Crippen LogP contribution in [0.3, 0.4) is 0 Å². The minimum atomic E-state index is -0.421. The fourth-order valence-electron chi connectivity index (χ4n) is 3.01. The number of aromatic amines is 1. The van der Waals surface area contributed by atoms with Gasteiger partial charge in [-0.1, -0.05) is 6.92 Å². The largest absolute Gasteiger partial charge is 0.492 e. The summed E-state index contributed by atoms with van der Waals surface area (Å²) in [4.78, 5) is 7.31. The van der Waals surface area contributed by atoms with Crippen LogP contribution in [0.1, 0.15) is 24.6 Å². The van der Waals surface area contributed by atoms with Crippen molar-refractivity contribution in [3.63, 3.8) is 0 Å². The summed E-state index contributed by atoms with van der Waals surface area (Å²) in [5, 5.41) is 4.69. The SMILES string of the molecule is C#C.CCCOc1cn2ncnc(Oc3ccc4[nH]c(C)cc4c3F)c2c1C. The molecule has 28 heavy (non-hydrogen) atoms. The topological polar surface area (TPSA) is 64.4 Å². The molecule has 0 spiro atoms. The summed E-state index contributed by atoms with van der Waals surface area (Å²) >= 11 is 0. The Morgan fingerprint density at radius 1 is 1.21 bits per heavy atom. The lowest BCUT2D eigenvalue weighted by molar-refractivity contribution is 0.315. The molecule has 0 bridgehead atoms. The van der Waals surface area contributed by atoms with Crippen molar-refractivity contribution >= 4 is 16.4 Å². The maximum atomic E-state index is 14.8. The normalized spacial score (nSPS) is 10.6. The number of aromatic nitrogens is 4. The van der Waals surface area contributed by atoms with Gasteiger partial charge in [0, 0.05) is 22.2 Å². The predicted molar refractivity (Wildman–Crippen MR) is 106 cm³/mol. The van der Waals surface area contributed by atoms with Gasteiger partial charge in [0.25, 0.3) is 0 Å². The Morgan fingerprint density at radius 2 is 2.00 bits per heavy atom. The van der Waals surface area contributed by atoms with Crippen LogP contribution in [-0.2, 0) is 0 Å². The van der Waals surface area contributed by atoms with Crippen molar-refractivity contribution < 1.29 is 13.9 Å². The van der Waals surface area contributed by atoms with Crippen LogP contribution in [0.2, 0.25) is 0 Å². The number of halogens is 1. The number of hydrogen-bond donors (Lipinski definition) is 1. The molecule has 0 saturated carbocycles. The third-order valence-electron chi connectivity index (χ3n) is 4.25. The highest BCUT2D eigenvalue weighted by atomic mass is 19.1. The number of terminal acetylenes is 1. The van der Waals surface area contributed by atoms with E-state index < -0.39 is 5.82 Å². The zero-order valence-corrected chi connectivity index (χ0v) is 16.0. The fraction of sp³-hybridized carbons (Fsp3) is 0.238. The van der Waals surface area contributed by atoms with Gasteiger partial charge in [0.15, 0.2) is 11.6 Å². The lowest BCUT2D eigenvalue weighted by Crippen LogP contribution is -1.98. The van der Waals surface area contributed by atoms with Gasteiger partial charge in [0.05, 0.1) is 12.8 Å². The zero-order valence-electron chi connectivity index (χ0n) is 16.0. The molecule has 6 nitrogen and oxygen atoms in total. The molecule has 0 atom stereocenters. The van der Waals surface area contributed by atoms with Crippen molar-refractivity contribution in [2.75, 3.05) is 6.61 Å². The maximum absolute atomic E-state index is 14.8. The monoisotopic (exact) mass is 380 g/mol. The van der Waals surface area contributed by atoms with E-state index in [2.05, 4.69) is 27.9 Å². The Balaban J connectivity index is 0.00000109. The second-order valence-electron chi connectivity index (χ2n) is 6.22. The number of benzene rings is 1. The fourth-order valence-corrected chi connectivity index (χ4v) is 3.01. The summed E-state index contributed by atoms with van der Waals surface area (Å²) in [7, 11) is 0. The number of nitrogens with one attached hydrogen (secondary N) is 1. The minimum Gasteiger partial charge on any atom is -0.492 e. The number of ether oxygens (including phenoxy) is 2. The van der Waals surface area contributed by atoms with Crippen molar-refractivity contribution in [1.29, 1.82) is 0 Å². The number of nitrogens with zero attached hydrogens (tertiary/aromatic N) is 3. The van der Waals surface area contributed by atoms with E-state index in [1.165, 1.54) is 6.33 Å². The summed E-state index contributed by atoms with van der Waals surface area (Å²) in [6.07, 6.45) is 12.1. The van der Waals surface area contributed by atoms with Crippen molar-refractivity contribution in [3.05, 3.63) is 47.8 Å². The highest BCUT2D eigenvalue weighted by Crippen LogP contribution is 2.34. The summed E-state index contributed by atoms with van der Waals surface area (Å²) in [5.74, 6) is 0.702. The highest BCUT2D eigenvalue weighted by molar-refractivity contribution is 5.83. The average Bonchev–Trinajstić information content (AvgIpc) is 3.24. The van der Waals surface area contributed by atoms with E-state index in [-0.39, 0.29) is 11.6 Å². The molecule has 4 rings (SSSR count). The molecule has 0 fully saturated rings. The molecule has 3 heterocycles. The first kappa shape index (κ1) is 19.2. The molecule has 0 saturated heterocycles. The molecule has 1 aromatic carbocycles. The summed E-state index contributed by atoms with van der Waals surface area (Å²) in [5.41, 5.74) is 3.13. The van der Waals surface area contributed by atoms with E-state index in [4.69, 9.17) is 9.47 Å². The van der Waals surface area contributed by atoms with Crippen LogP contribution < -0.4 is 9.47 Å². The van der Waals surface area contributed by atoms with Gasteiger partial charge in [0.2, 0.25) is 5.88 Å². The average molecular weight is 380 g/mol. The Kier molecular flexibility index (Phi) is 5.50. The quantitative estimate of drug-likeness (QED) is 0.505. The number of hydrogen-bond acceptors (Lipinski definition) is 4. The molecule has 4 aromatic rings. The van der Waals surface area contributed by atoms with E-state index in [0.29, 0.717) is 17.5 Å². The predicted octanol–water partition coefficient (Wildman–Crippen LogP) is 4.80. The molecule has 144 valence electrons. The Labute approximate surface area is 162 Å². The first-order valence-electron chi connectivity index (χ1n) is 8.83. The lowest BCUT2D eigenvalue weighted by atomic mass is 10.2. The van der Waals surface area contributed by atoms with Gasteiger partial charge < -0.3 is 14.5 Å². The molecule has 0 unspecified atom stereocenters. The van der Waals surface area contributed by atoms with Crippen LogP contribution in [0.5, 0.6) is 17.4 Å². The first-order valence-corrected chi connectivity index (χ1v) is 8.83. The molecule has 7 heteroatoms. The van der Waals surface area contributed by atoms with Gasteiger partial charge in [-0.2, -0.15) is 10.1 Å². The molecule has 0 amide bonds. The standard InChI is InChI=1S/C19H19FN4O2.C2H2/c1-4-7-25-16-9-24-18(12(16)3)19(21-10-22-24)26-15-6-5-14-13(17(15)20)8-11(2)23-14;1-2/h5-6,8-10,23H,4,7H2,1-3H3;1-2H. The van der Waals surface area contributed by atoms with Gasteiger partial charge in [0.1, 0.15) is 17.6 Å². The van der Waals surface area contributed by atoms with Gasteiger partial charge in [-0.05, 0) is 38.5 Å². The molecular weight excluding hydrogens is 359 g/mol. The van der Waals surface area contributed by atoms with E-state index in [1.807, 2.05) is 20.8 Å². The molecule has 0 aliphatic carbocycles. The highest BCUT2D eigenvalue weighted by Gasteiger charge is 2.18. The number of fused-ring (bicyclic) bond motifs is 2. The van der Waals surface area contributed by atoms with Crippen molar-refractivity contribution in [2.45, 2.75) is 27.2 Å². The van der Waals surface area contributed by atoms with Crippen LogP contribution in [0, 0.1) is 32.5 Å². The van der Waals surface area contributed by atoms with Gasteiger partial charge >= 0.3 is 0 Å². The second kappa shape index (κ2) is 8.01. The Hall–Kier alpha value is -3.53. The van der Waals surface area contributed by atoms with Gasteiger partial charge in [-0.25, -0.2) is 8.91 Å². The summed E-state index contributed by atoms with van der Waals surface area (Å²) in [6, 6.07) is 5.14. The number of H-pyrrole nitrogens is 1. The number of aryl methyl sites for hydroxylation is 2. The van der Waals surface area contributed by atoms with E-state index in [1.54, 1.807) is 28.9 Å². The van der Waals surface area contributed by atoms with Crippen LogP contribution >= 0.6 is 0 Å². The van der Waals surface area contributed by atoms with E-state index in [9.17, 15) is 4.39 Å². The van der Waals surface area contributed by atoms with Crippen LogP contribution in [0.25, 0.3) is 16.4 Å². The minimum absolute atomic E-state index is 0.119. The maximum Gasteiger partial charge on any atom is 0.247 e. The smallest absolute Gasteiger partial charge is 0.247 e. The molecule has 3 aromatic heterocycles. The molecule has 0 aliphatic heterocycles. The van der Waals surface area contributed by atoms with E-state index in [0.717, 1.165) is 28.9 Å². The van der Waals surface area contributed by atoms with Crippen molar-refractivity contribution in [2.24, 2.45) is 0 Å². The second-order valence-corrected chi connectivity index (χ2v) is 6.22. The zero-order chi connectivity index (χ0) is 20.3. The van der Waals surface area contributed by atoms with Gasteiger partial charge in [-0.3, -0.25) is 0 Å². The molecule has 0 radical (unpaired) electrons. The summed E-state index contributed by atoms with van der Waals surface area (Å²) in [6.45, 7) is 6.45. The van der Waals surface area contributed by atoms with Crippen LogP contribution in [0.4, 0.5) is 4.39 Å². The third kappa shape index (κ3) is 3.37. The molecule has 0 aliphatic rings. The Morgan fingerprint density at radius 3 is 2.75 bits per heavy atom. The molecular formula is C21H21FN4O2. The summed E-state index contributed by atoms with van der Waals surface area (Å²) < 4.78 is 28.0. The third-order valence-corrected chi connectivity index (χ3v) is 4.25. The Bertz CT molecular complexity index is 1140. The van der Waals surface area contributed by atoms with Crippen molar-refractivity contribution in [1.82, 2.24) is 19.6 Å². The van der Waals surface area contributed by atoms with E-state index >= 15 is 0 Å². The van der Waals surface area contributed by atoms with Gasteiger partial charge in [-0.15, -0.1) is 12.8 Å². The molecule has 1 N–H and O–H groups in total. The van der Waals surface area contributed by atoms with Crippen molar-refractivity contribution in [3.8, 4) is 30.2 Å². The lowest BCUT2D eigenvalue weighted by Gasteiger charge is -2.08.